The predicted octanol–water partition coefficient (Wildman–Crippen LogP) is 4.38. The maximum atomic E-state index is 12.4. The van der Waals surface area contributed by atoms with E-state index in [1.807, 2.05) is 43.3 Å². The predicted molar refractivity (Wildman–Crippen MR) is 108 cm³/mol. The van der Waals surface area contributed by atoms with E-state index in [-0.39, 0.29) is 5.91 Å². The third kappa shape index (κ3) is 3.75. The van der Waals surface area contributed by atoms with Crippen LogP contribution in [-0.2, 0) is 30.5 Å². The molecule has 3 aromatic rings. The van der Waals surface area contributed by atoms with Crippen LogP contribution in [0.1, 0.15) is 35.9 Å². The smallest absolute Gasteiger partial charge is 0.225 e. The number of aromatic nitrogens is 2. The van der Waals surface area contributed by atoms with Crippen LogP contribution >= 0.6 is 0 Å². The van der Waals surface area contributed by atoms with Crippen molar-refractivity contribution in [1.82, 2.24) is 9.97 Å². The average Bonchev–Trinajstić information content (AvgIpc) is 2.72. The van der Waals surface area contributed by atoms with Gasteiger partial charge in [0.1, 0.15) is 0 Å². The Balaban J connectivity index is 1.54. The van der Waals surface area contributed by atoms with Crippen molar-refractivity contribution in [2.24, 2.45) is 0 Å². The maximum Gasteiger partial charge on any atom is 0.225 e. The number of anilines is 1. The summed E-state index contributed by atoms with van der Waals surface area (Å²) in [6.45, 7) is 2.05. The van der Waals surface area contributed by atoms with Gasteiger partial charge in [0.15, 0.2) is 5.82 Å². The van der Waals surface area contributed by atoms with Crippen LogP contribution in [0.5, 0.6) is 0 Å². The van der Waals surface area contributed by atoms with Crippen LogP contribution in [0.3, 0.4) is 0 Å². The molecule has 0 spiro atoms. The molecule has 0 atom stereocenters. The molecule has 0 unspecified atom stereocenters. The first kappa shape index (κ1) is 17.4. The van der Waals surface area contributed by atoms with Gasteiger partial charge in [-0.2, -0.15) is 0 Å². The molecule has 1 aromatic heterocycles. The molecule has 1 heterocycles. The van der Waals surface area contributed by atoms with E-state index in [1.165, 1.54) is 11.1 Å². The lowest BCUT2D eigenvalue weighted by Crippen LogP contribution is -2.18. The van der Waals surface area contributed by atoms with Gasteiger partial charge in [-0.25, -0.2) is 9.97 Å². The molecule has 4 rings (SSSR count). The Bertz CT molecular complexity index is 967. The number of amides is 1. The van der Waals surface area contributed by atoms with Gasteiger partial charge in [0, 0.05) is 12.0 Å². The van der Waals surface area contributed by atoms with Crippen molar-refractivity contribution in [2.45, 2.75) is 39.0 Å². The second-order valence-corrected chi connectivity index (χ2v) is 6.86. The van der Waals surface area contributed by atoms with Crippen LogP contribution in [0.15, 0.2) is 54.6 Å². The standard InChI is InChI=1S/C23H23N3O/c1-2-19-23(26-21(27)15-12-16-8-4-3-5-9-16)25-20-14-13-17-10-6-7-11-18(17)22(20)24-19/h3-11H,2,12-15H2,1H3,(H,25,26,27). The Morgan fingerprint density at radius 1 is 1.00 bits per heavy atom. The van der Waals surface area contributed by atoms with Crippen molar-refractivity contribution in [3.05, 3.63) is 77.1 Å². The first-order valence-electron chi connectivity index (χ1n) is 9.56. The van der Waals surface area contributed by atoms with Crippen molar-refractivity contribution in [3.8, 4) is 11.3 Å². The lowest BCUT2D eigenvalue weighted by molar-refractivity contribution is -0.116. The molecule has 4 nitrogen and oxygen atoms in total. The maximum absolute atomic E-state index is 12.4. The molecule has 0 aliphatic heterocycles. The van der Waals surface area contributed by atoms with Gasteiger partial charge < -0.3 is 5.32 Å². The number of nitrogens with zero attached hydrogens (tertiary/aromatic N) is 2. The van der Waals surface area contributed by atoms with Crippen molar-refractivity contribution in [2.75, 3.05) is 5.32 Å². The molecule has 1 amide bonds. The van der Waals surface area contributed by atoms with Gasteiger partial charge in [-0.1, -0.05) is 61.5 Å². The minimum atomic E-state index is -0.0148. The average molecular weight is 357 g/mol. The molecular formula is C23H23N3O. The normalized spacial score (nSPS) is 12.2. The fourth-order valence-corrected chi connectivity index (χ4v) is 3.56. The molecule has 2 aromatic carbocycles. The number of hydrogen-bond donors (Lipinski definition) is 1. The first-order chi connectivity index (χ1) is 13.2. The lowest BCUT2D eigenvalue weighted by Gasteiger charge is -2.20. The first-order valence-corrected chi connectivity index (χ1v) is 9.56. The van der Waals surface area contributed by atoms with Crippen LogP contribution in [0.2, 0.25) is 0 Å². The summed E-state index contributed by atoms with van der Waals surface area (Å²) in [6, 6.07) is 18.4. The molecule has 0 bridgehead atoms. The van der Waals surface area contributed by atoms with E-state index in [0.29, 0.717) is 12.2 Å². The highest BCUT2D eigenvalue weighted by atomic mass is 16.1. The summed E-state index contributed by atoms with van der Waals surface area (Å²) in [5.74, 6) is 0.604. The zero-order chi connectivity index (χ0) is 18.6. The zero-order valence-corrected chi connectivity index (χ0v) is 15.5. The van der Waals surface area contributed by atoms with Gasteiger partial charge >= 0.3 is 0 Å². The van der Waals surface area contributed by atoms with Crippen molar-refractivity contribution in [1.29, 1.82) is 0 Å². The number of carbonyl (C=O) groups is 1. The molecule has 4 heteroatoms. The van der Waals surface area contributed by atoms with Crippen molar-refractivity contribution < 1.29 is 4.79 Å². The molecule has 136 valence electrons. The van der Waals surface area contributed by atoms with Crippen LogP contribution < -0.4 is 5.32 Å². The highest BCUT2D eigenvalue weighted by molar-refractivity contribution is 5.90. The monoisotopic (exact) mass is 357 g/mol. The molecule has 1 aliphatic carbocycles. The van der Waals surface area contributed by atoms with Gasteiger partial charge in [0.2, 0.25) is 5.91 Å². The Morgan fingerprint density at radius 2 is 1.78 bits per heavy atom. The van der Waals surface area contributed by atoms with E-state index < -0.39 is 0 Å². The Morgan fingerprint density at radius 3 is 2.59 bits per heavy atom. The number of fused-ring (bicyclic) bond motifs is 3. The molecule has 0 fully saturated rings. The minimum Gasteiger partial charge on any atom is -0.309 e. The fraction of sp³-hybridized carbons (Fsp3) is 0.261. The highest BCUT2D eigenvalue weighted by Crippen LogP contribution is 2.32. The number of carbonyl (C=O) groups excluding carboxylic acids is 1. The number of benzene rings is 2. The minimum absolute atomic E-state index is 0.0148. The Hall–Kier alpha value is -3.01. The van der Waals surface area contributed by atoms with E-state index in [2.05, 4.69) is 23.5 Å². The van der Waals surface area contributed by atoms with E-state index in [0.717, 1.165) is 48.3 Å². The summed E-state index contributed by atoms with van der Waals surface area (Å²) in [5.41, 5.74) is 6.44. The SMILES string of the molecule is CCc1nc2c(nc1NC(=O)CCc1ccccc1)CCc1ccccc1-2. The zero-order valence-electron chi connectivity index (χ0n) is 15.5. The molecule has 0 radical (unpaired) electrons. The summed E-state index contributed by atoms with van der Waals surface area (Å²) >= 11 is 0. The quantitative estimate of drug-likeness (QED) is 0.737. The van der Waals surface area contributed by atoms with Crippen LogP contribution in [0.4, 0.5) is 5.82 Å². The highest BCUT2D eigenvalue weighted by Gasteiger charge is 2.21. The van der Waals surface area contributed by atoms with Crippen LogP contribution in [0.25, 0.3) is 11.3 Å². The largest absolute Gasteiger partial charge is 0.309 e. The third-order valence-corrected chi connectivity index (χ3v) is 5.02. The Kier molecular flexibility index (Phi) is 4.97. The fourth-order valence-electron chi connectivity index (χ4n) is 3.56. The topological polar surface area (TPSA) is 54.9 Å². The van der Waals surface area contributed by atoms with Gasteiger partial charge in [-0.15, -0.1) is 0 Å². The second-order valence-electron chi connectivity index (χ2n) is 6.86. The number of aryl methyl sites for hydroxylation is 4. The van der Waals surface area contributed by atoms with Gasteiger partial charge in [-0.3, -0.25) is 4.79 Å². The van der Waals surface area contributed by atoms with Gasteiger partial charge in [0.25, 0.3) is 0 Å². The molecule has 1 N–H and O–H groups in total. The molecule has 0 saturated heterocycles. The summed E-state index contributed by atoms with van der Waals surface area (Å²) < 4.78 is 0. The third-order valence-electron chi connectivity index (χ3n) is 5.02. The molecule has 27 heavy (non-hydrogen) atoms. The molecule has 1 aliphatic rings. The summed E-state index contributed by atoms with van der Waals surface area (Å²) in [4.78, 5) is 22.1. The molecular weight excluding hydrogens is 334 g/mol. The van der Waals surface area contributed by atoms with Gasteiger partial charge in [-0.05, 0) is 36.8 Å². The summed E-state index contributed by atoms with van der Waals surface area (Å²) in [5, 5.41) is 2.99. The lowest BCUT2D eigenvalue weighted by atomic mass is 9.92. The Labute approximate surface area is 159 Å². The molecule has 0 saturated carbocycles. The summed E-state index contributed by atoms with van der Waals surface area (Å²) in [7, 11) is 0. The number of nitrogens with one attached hydrogen (secondary N) is 1. The summed E-state index contributed by atoms with van der Waals surface area (Å²) in [6.07, 6.45) is 3.71. The van der Waals surface area contributed by atoms with Gasteiger partial charge in [0.05, 0.1) is 17.1 Å². The van der Waals surface area contributed by atoms with Crippen LogP contribution in [0, 0.1) is 0 Å². The number of rotatable bonds is 5. The van der Waals surface area contributed by atoms with E-state index in [9.17, 15) is 4.79 Å². The van der Waals surface area contributed by atoms with Crippen molar-refractivity contribution in [3.63, 3.8) is 0 Å². The number of hydrogen-bond acceptors (Lipinski definition) is 3. The van der Waals surface area contributed by atoms with E-state index in [4.69, 9.17) is 9.97 Å². The van der Waals surface area contributed by atoms with Crippen LogP contribution in [-0.4, -0.2) is 15.9 Å². The van der Waals surface area contributed by atoms with E-state index >= 15 is 0 Å². The van der Waals surface area contributed by atoms with E-state index in [1.54, 1.807) is 0 Å². The second kappa shape index (κ2) is 7.70. The van der Waals surface area contributed by atoms with Crippen molar-refractivity contribution >= 4 is 11.7 Å².